The van der Waals surface area contributed by atoms with Gasteiger partial charge in [-0.05, 0) is 19.8 Å². The van der Waals surface area contributed by atoms with Crippen LogP contribution in [-0.2, 0) is 14.2 Å². The summed E-state index contributed by atoms with van der Waals surface area (Å²) < 4.78 is 15.2. The van der Waals surface area contributed by atoms with Gasteiger partial charge in [0, 0.05) is 5.41 Å². The molecule has 0 spiro atoms. The summed E-state index contributed by atoms with van der Waals surface area (Å²) in [5.74, 6) is 0.528. The van der Waals surface area contributed by atoms with Crippen LogP contribution in [0.2, 0.25) is 0 Å². The molecule has 0 bridgehead atoms. The van der Waals surface area contributed by atoms with Gasteiger partial charge in [-0.25, -0.2) is 0 Å². The number of rotatable bonds is 0. The fraction of sp³-hybridized carbons (Fsp3) is 1.00. The number of hydrogen-bond donors (Lipinski definition) is 0. The van der Waals surface area contributed by atoms with Crippen molar-refractivity contribution in [3.05, 3.63) is 0 Å². The van der Waals surface area contributed by atoms with E-state index in [0.29, 0.717) is 5.41 Å². The molecule has 2 aliphatic rings. The number of ether oxygens (including phenoxy) is 3. The summed E-state index contributed by atoms with van der Waals surface area (Å²) in [6.07, 6.45) is 0. The molecule has 0 atom stereocenters. The third kappa shape index (κ3) is 12.3. The van der Waals surface area contributed by atoms with Gasteiger partial charge >= 0.3 is 0 Å². The maximum absolute atomic E-state index is 5.12. The third-order valence-electron chi connectivity index (χ3n) is 1.97. The quantitative estimate of drug-likeness (QED) is 0.657. The van der Waals surface area contributed by atoms with Crippen molar-refractivity contribution in [2.24, 2.45) is 11.3 Å². The smallest absolute Gasteiger partial charge is 0.162 e. The maximum Gasteiger partial charge on any atom is 0.162 e. The standard InChI is InChI=1S/C5H10O2.C5H10O.C4H10.CH4/c1-5(2)6-3-4-7-5;1-5(2)3-6-4-5;1-4(2)3;/h3-4H2,1-2H3;3-4H2,1-2H3;4H,1-3H3;1H4. The van der Waals surface area contributed by atoms with E-state index in [0.717, 1.165) is 32.3 Å². The lowest BCUT2D eigenvalue weighted by molar-refractivity contribution is -0.125. The zero-order valence-corrected chi connectivity index (χ0v) is 12.6. The van der Waals surface area contributed by atoms with Crippen LogP contribution in [0.15, 0.2) is 0 Å². The molecule has 0 unspecified atom stereocenters. The van der Waals surface area contributed by atoms with Gasteiger partial charge in [0.05, 0.1) is 26.4 Å². The van der Waals surface area contributed by atoms with Gasteiger partial charge in [-0.3, -0.25) is 0 Å². The largest absolute Gasteiger partial charge is 0.380 e. The summed E-state index contributed by atoms with van der Waals surface area (Å²) in [6.45, 7) is 18.1. The molecule has 2 rings (SSSR count). The van der Waals surface area contributed by atoms with Crippen LogP contribution in [0.25, 0.3) is 0 Å². The van der Waals surface area contributed by atoms with Crippen molar-refractivity contribution in [3.63, 3.8) is 0 Å². The Hall–Kier alpha value is -0.120. The molecule has 2 heterocycles. The lowest BCUT2D eigenvalue weighted by atomic mass is 9.92. The van der Waals surface area contributed by atoms with E-state index in [1.807, 2.05) is 13.8 Å². The minimum atomic E-state index is -0.306. The van der Waals surface area contributed by atoms with Crippen molar-refractivity contribution < 1.29 is 14.2 Å². The molecule has 0 aliphatic carbocycles. The maximum atomic E-state index is 5.12. The van der Waals surface area contributed by atoms with Crippen molar-refractivity contribution in [2.75, 3.05) is 26.4 Å². The molecule has 112 valence electrons. The van der Waals surface area contributed by atoms with Crippen LogP contribution in [0.4, 0.5) is 0 Å². The van der Waals surface area contributed by atoms with Crippen molar-refractivity contribution in [3.8, 4) is 0 Å². The van der Waals surface area contributed by atoms with Crippen molar-refractivity contribution in [1.82, 2.24) is 0 Å². The first kappa shape index (κ1) is 20.2. The van der Waals surface area contributed by atoms with Gasteiger partial charge in [-0.2, -0.15) is 0 Å². The van der Waals surface area contributed by atoms with E-state index in [-0.39, 0.29) is 13.2 Å². The molecule has 0 N–H and O–H groups in total. The van der Waals surface area contributed by atoms with Crippen molar-refractivity contribution in [1.29, 1.82) is 0 Å². The summed E-state index contributed by atoms with van der Waals surface area (Å²) in [7, 11) is 0. The van der Waals surface area contributed by atoms with E-state index < -0.39 is 0 Å². The Morgan fingerprint density at radius 1 is 0.833 bits per heavy atom. The zero-order valence-electron chi connectivity index (χ0n) is 12.6. The summed E-state index contributed by atoms with van der Waals surface area (Å²) in [5.41, 5.74) is 0.500. The Bertz CT molecular complexity index is 181. The Morgan fingerprint density at radius 2 is 1.11 bits per heavy atom. The molecule has 18 heavy (non-hydrogen) atoms. The van der Waals surface area contributed by atoms with Crippen LogP contribution < -0.4 is 0 Å². The molecular formula is C15H34O3. The van der Waals surface area contributed by atoms with Crippen LogP contribution in [0.5, 0.6) is 0 Å². The van der Waals surface area contributed by atoms with Gasteiger partial charge in [0.25, 0.3) is 0 Å². The second-order valence-corrected chi connectivity index (χ2v) is 6.49. The second-order valence-electron chi connectivity index (χ2n) is 6.49. The van der Waals surface area contributed by atoms with Gasteiger partial charge in [-0.1, -0.05) is 42.0 Å². The summed E-state index contributed by atoms with van der Waals surface area (Å²) >= 11 is 0. The van der Waals surface area contributed by atoms with Gasteiger partial charge in [0.15, 0.2) is 5.79 Å². The highest BCUT2D eigenvalue weighted by molar-refractivity contribution is 4.73. The van der Waals surface area contributed by atoms with E-state index >= 15 is 0 Å². The average molecular weight is 262 g/mol. The number of hydrogen-bond acceptors (Lipinski definition) is 3. The highest BCUT2D eigenvalue weighted by atomic mass is 16.7. The van der Waals surface area contributed by atoms with Crippen LogP contribution in [0, 0.1) is 11.3 Å². The predicted octanol–water partition coefficient (Wildman–Crippen LogP) is 4.11. The minimum absolute atomic E-state index is 0. The van der Waals surface area contributed by atoms with Crippen LogP contribution >= 0.6 is 0 Å². The van der Waals surface area contributed by atoms with E-state index in [4.69, 9.17) is 14.2 Å². The zero-order chi connectivity index (χ0) is 13.5. The van der Waals surface area contributed by atoms with E-state index in [9.17, 15) is 0 Å². The van der Waals surface area contributed by atoms with Gasteiger partial charge in [0.1, 0.15) is 0 Å². The summed E-state index contributed by atoms with van der Waals surface area (Å²) in [5, 5.41) is 0. The van der Waals surface area contributed by atoms with Crippen LogP contribution in [-0.4, -0.2) is 32.2 Å². The fourth-order valence-corrected chi connectivity index (χ4v) is 1.13. The Labute approximate surface area is 114 Å². The molecular weight excluding hydrogens is 228 g/mol. The topological polar surface area (TPSA) is 27.7 Å². The highest BCUT2D eigenvalue weighted by Gasteiger charge is 2.26. The van der Waals surface area contributed by atoms with Gasteiger partial charge < -0.3 is 14.2 Å². The Morgan fingerprint density at radius 3 is 1.17 bits per heavy atom. The summed E-state index contributed by atoms with van der Waals surface area (Å²) in [6, 6.07) is 0. The molecule has 0 saturated carbocycles. The predicted molar refractivity (Wildman–Crippen MR) is 77.8 cm³/mol. The third-order valence-corrected chi connectivity index (χ3v) is 1.97. The minimum Gasteiger partial charge on any atom is -0.380 e. The van der Waals surface area contributed by atoms with Crippen LogP contribution in [0.3, 0.4) is 0 Å². The monoisotopic (exact) mass is 262 g/mol. The molecule has 0 radical (unpaired) electrons. The first-order valence-electron chi connectivity index (χ1n) is 6.50. The lowest BCUT2D eigenvalue weighted by Gasteiger charge is -2.33. The van der Waals surface area contributed by atoms with Gasteiger partial charge in [0.2, 0.25) is 0 Å². The normalized spacial score (nSPS) is 22.7. The highest BCUT2D eigenvalue weighted by Crippen LogP contribution is 2.24. The Balaban J connectivity index is 0. The molecule has 0 aromatic heterocycles. The molecule has 3 heteroatoms. The second kappa shape index (κ2) is 8.89. The van der Waals surface area contributed by atoms with Gasteiger partial charge in [-0.15, -0.1) is 0 Å². The average Bonchev–Trinajstić information content (AvgIpc) is 2.48. The van der Waals surface area contributed by atoms with Crippen molar-refractivity contribution >= 4 is 0 Å². The fourth-order valence-electron chi connectivity index (χ4n) is 1.13. The molecule has 2 fully saturated rings. The molecule has 0 aromatic carbocycles. The molecule has 2 aliphatic heterocycles. The molecule has 2 saturated heterocycles. The summed E-state index contributed by atoms with van der Waals surface area (Å²) in [4.78, 5) is 0. The Kier molecular flexibility index (Phi) is 9.98. The molecule has 0 aromatic rings. The van der Waals surface area contributed by atoms with E-state index in [1.165, 1.54) is 0 Å². The lowest BCUT2D eigenvalue weighted by Crippen LogP contribution is -2.36. The first-order chi connectivity index (χ1) is 7.65. The molecule has 3 nitrogen and oxygen atoms in total. The van der Waals surface area contributed by atoms with Crippen LogP contribution in [0.1, 0.15) is 55.9 Å². The SMILES string of the molecule is C.CC(C)C.CC1(C)COC1.CC1(C)OCCO1. The van der Waals surface area contributed by atoms with E-state index in [2.05, 4.69) is 34.6 Å². The first-order valence-corrected chi connectivity index (χ1v) is 6.50. The molecule has 0 amide bonds. The van der Waals surface area contributed by atoms with E-state index in [1.54, 1.807) is 0 Å². The van der Waals surface area contributed by atoms with Crippen molar-refractivity contribution in [2.45, 2.75) is 61.7 Å².